The Morgan fingerprint density at radius 3 is 2.69 bits per heavy atom. The molecule has 1 aromatic heterocycles. The van der Waals surface area contributed by atoms with Crippen LogP contribution in [0.4, 0.5) is 0 Å². The van der Waals surface area contributed by atoms with Gasteiger partial charge in [0.15, 0.2) is 5.43 Å². The van der Waals surface area contributed by atoms with Crippen LogP contribution in [-0.2, 0) is 0 Å². The number of H-pyrrole nitrogens is 1. The number of carbonyl (C=O) groups excluding carboxylic acids is 1. The van der Waals surface area contributed by atoms with Gasteiger partial charge in [-0.15, -0.1) is 0 Å². The topological polar surface area (TPSA) is 88.0 Å². The maximum atomic E-state index is 11.7. The molecule has 0 radical (unpaired) electrons. The molecule has 0 saturated carbocycles. The predicted molar refractivity (Wildman–Crippen MR) is 65.4 cm³/mol. The van der Waals surface area contributed by atoms with Crippen molar-refractivity contribution >= 4 is 23.1 Å². The average Bonchev–Trinajstić information content (AvgIpc) is 2.17. The number of hydrogen-bond acceptors (Lipinski definition) is 3. The van der Waals surface area contributed by atoms with Crippen LogP contribution in [0.5, 0.6) is 0 Å². The van der Waals surface area contributed by atoms with Crippen LogP contribution in [0.1, 0.15) is 24.2 Å². The highest BCUT2D eigenvalue weighted by atomic mass is 32.1. The third-order valence-electron chi connectivity index (χ3n) is 2.11. The molecule has 1 amide bonds. The zero-order valence-electron chi connectivity index (χ0n) is 9.03. The number of carbonyl (C=O) groups is 1. The average molecular weight is 239 g/mol. The molecule has 4 N–H and O–H groups in total. The molecule has 0 aliphatic rings. The standard InChI is InChI=1S/C10H13N3O2S/c1-10(2,9(11)16)13-8(15)6-5-12-4-3-7(6)14/h3-5H,1-2H3,(H2,11,16)(H,12,14)(H,13,15). The molecule has 1 rings (SSSR count). The Morgan fingerprint density at radius 1 is 1.56 bits per heavy atom. The van der Waals surface area contributed by atoms with Crippen LogP contribution in [0.3, 0.4) is 0 Å². The van der Waals surface area contributed by atoms with Crippen LogP contribution >= 0.6 is 12.2 Å². The molecule has 6 heteroatoms. The monoisotopic (exact) mass is 239 g/mol. The summed E-state index contributed by atoms with van der Waals surface area (Å²) in [6.45, 7) is 3.34. The molecular weight excluding hydrogens is 226 g/mol. The summed E-state index contributed by atoms with van der Waals surface area (Å²) in [5, 5.41) is 2.59. The third-order valence-corrected chi connectivity index (χ3v) is 2.62. The maximum Gasteiger partial charge on any atom is 0.257 e. The van der Waals surface area contributed by atoms with E-state index in [2.05, 4.69) is 10.3 Å². The van der Waals surface area contributed by atoms with Gasteiger partial charge in [0.1, 0.15) is 5.56 Å². The molecule has 0 fully saturated rings. The molecule has 0 aliphatic carbocycles. The summed E-state index contributed by atoms with van der Waals surface area (Å²) >= 11 is 4.81. The van der Waals surface area contributed by atoms with Gasteiger partial charge in [-0.3, -0.25) is 9.59 Å². The van der Waals surface area contributed by atoms with Crippen LogP contribution in [0.2, 0.25) is 0 Å². The first-order valence-electron chi connectivity index (χ1n) is 4.64. The van der Waals surface area contributed by atoms with Crippen LogP contribution in [0, 0.1) is 0 Å². The van der Waals surface area contributed by atoms with Gasteiger partial charge in [-0.1, -0.05) is 12.2 Å². The Kier molecular flexibility index (Phi) is 3.44. The molecule has 5 nitrogen and oxygen atoms in total. The predicted octanol–water partition coefficient (Wildman–Crippen LogP) is 0.169. The van der Waals surface area contributed by atoms with E-state index in [1.54, 1.807) is 13.8 Å². The highest BCUT2D eigenvalue weighted by molar-refractivity contribution is 7.80. The van der Waals surface area contributed by atoms with Gasteiger partial charge in [0.2, 0.25) is 0 Å². The van der Waals surface area contributed by atoms with Crippen molar-refractivity contribution in [1.29, 1.82) is 0 Å². The van der Waals surface area contributed by atoms with Crippen LogP contribution in [0.25, 0.3) is 0 Å². The number of nitrogens with one attached hydrogen (secondary N) is 2. The second-order valence-electron chi connectivity index (χ2n) is 3.87. The molecule has 1 heterocycles. The number of amides is 1. The number of rotatable bonds is 3. The molecular formula is C10H13N3O2S. The number of nitrogens with two attached hydrogens (primary N) is 1. The van der Waals surface area contributed by atoms with E-state index in [4.69, 9.17) is 18.0 Å². The Hall–Kier alpha value is -1.69. The molecule has 0 aliphatic heterocycles. The van der Waals surface area contributed by atoms with E-state index < -0.39 is 11.4 Å². The highest BCUT2D eigenvalue weighted by Gasteiger charge is 2.24. The first-order chi connectivity index (χ1) is 7.34. The van der Waals surface area contributed by atoms with E-state index in [9.17, 15) is 9.59 Å². The second kappa shape index (κ2) is 4.44. The zero-order chi connectivity index (χ0) is 12.3. The number of aromatic amines is 1. The van der Waals surface area contributed by atoms with Crippen molar-refractivity contribution in [2.75, 3.05) is 0 Å². The summed E-state index contributed by atoms with van der Waals surface area (Å²) in [5.74, 6) is -0.500. The van der Waals surface area contributed by atoms with Gasteiger partial charge < -0.3 is 16.0 Å². The van der Waals surface area contributed by atoms with Crippen molar-refractivity contribution < 1.29 is 4.79 Å². The van der Waals surface area contributed by atoms with Crippen LogP contribution < -0.4 is 16.5 Å². The highest BCUT2D eigenvalue weighted by Crippen LogP contribution is 2.03. The molecule has 0 saturated heterocycles. The maximum absolute atomic E-state index is 11.7. The normalized spacial score (nSPS) is 10.9. The fourth-order valence-corrected chi connectivity index (χ4v) is 1.06. The van der Waals surface area contributed by atoms with E-state index in [1.807, 2.05) is 0 Å². The summed E-state index contributed by atoms with van der Waals surface area (Å²) < 4.78 is 0. The van der Waals surface area contributed by atoms with Gasteiger partial charge in [-0.05, 0) is 13.8 Å². The quantitative estimate of drug-likeness (QED) is 0.656. The van der Waals surface area contributed by atoms with E-state index in [-0.39, 0.29) is 16.0 Å². The van der Waals surface area contributed by atoms with Crippen molar-refractivity contribution in [2.24, 2.45) is 5.73 Å². The zero-order valence-corrected chi connectivity index (χ0v) is 9.85. The number of aromatic nitrogens is 1. The molecule has 16 heavy (non-hydrogen) atoms. The van der Waals surface area contributed by atoms with E-state index >= 15 is 0 Å². The lowest BCUT2D eigenvalue weighted by atomic mass is 10.1. The molecule has 0 unspecified atom stereocenters. The molecule has 0 bridgehead atoms. The number of pyridine rings is 1. The minimum atomic E-state index is -0.825. The minimum Gasteiger partial charge on any atom is -0.391 e. The molecule has 0 aromatic carbocycles. The second-order valence-corrected chi connectivity index (χ2v) is 4.31. The van der Waals surface area contributed by atoms with Crippen molar-refractivity contribution in [3.8, 4) is 0 Å². The van der Waals surface area contributed by atoms with Crippen LogP contribution in [0.15, 0.2) is 23.3 Å². The van der Waals surface area contributed by atoms with Crippen molar-refractivity contribution in [2.45, 2.75) is 19.4 Å². The third kappa shape index (κ3) is 2.66. The lowest BCUT2D eigenvalue weighted by Gasteiger charge is -2.24. The smallest absolute Gasteiger partial charge is 0.257 e. The van der Waals surface area contributed by atoms with E-state index in [0.29, 0.717) is 0 Å². The fraction of sp³-hybridized carbons (Fsp3) is 0.300. The van der Waals surface area contributed by atoms with E-state index in [0.717, 1.165) is 0 Å². The van der Waals surface area contributed by atoms with Crippen LogP contribution in [-0.4, -0.2) is 21.4 Å². The molecule has 0 atom stereocenters. The number of thiocarbonyl (C=S) groups is 1. The minimum absolute atomic E-state index is 0.0341. The molecule has 1 aromatic rings. The lowest BCUT2D eigenvalue weighted by molar-refractivity contribution is 0.0931. The molecule has 86 valence electrons. The summed E-state index contributed by atoms with van der Waals surface area (Å²) in [4.78, 5) is 25.9. The number of hydrogen-bond donors (Lipinski definition) is 3. The van der Waals surface area contributed by atoms with E-state index in [1.165, 1.54) is 18.5 Å². The van der Waals surface area contributed by atoms with Crippen molar-refractivity contribution in [3.63, 3.8) is 0 Å². The SMILES string of the molecule is CC(C)(NC(=O)c1c[nH]ccc1=O)C(N)=S. The fourth-order valence-electron chi connectivity index (χ4n) is 1.01. The van der Waals surface area contributed by atoms with Crippen molar-refractivity contribution in [1.82, 2.24) is 10.3 Å². The van der Waals surface area contributed by atoms with Crippen molar-refractivity contribution in [3.05, 3.63) is 34.2 Å². The van der Waals surface area contributed by atoms with Gasteiger partial charge in [-0.25, -0.2) is 0 Å². The largest absolute Gasteiger partial charge is 0.391 e. The Morgan fingerprint density at radius 2 is 2.19 bits per heavy atom. The Bertz CT molecular complexity index is 479. The Balaban J connectivity index is 2.94. The summed E-state index contributed by atoms with van der Waals surface area (Å²) in [5.41, 5.74) is 4.32. The van der Waals surface area contributed by atoms with Gasteiger partial charge in [-0.2, -0.15) is 0 Å². The van der Waals surface area contributed by atoms with Gasteiger partial charge in [0, 0.05) is 18.5 Å². The summed E-state index contributed by atoms with van der Waals surface area (Å²) in [6.07, 6.45) is 2.80. The van der Waals surface area contributed by atoms with Gasteiger partial charge in [0.05, 0.1) is 10.5 Å². The first kappa shape index (κ1) is 12.4. The van der Waals surface area contributed by atoms with Gasteiger partial charge >= 0.3 is 0 Å². The first-order valence-corrected chi connectivity index (χ1v) is 5.05. The summed E-state index contributed by atoms with van der Waals surface area (Å²) in [6, 6.07) is 1.28. The lowest BCUT2D eigenvalue weighted by Crippen LogP contribution is -2.52. The summed E-state index contributed by atoms with van der Waals surface area (Å²) in [7, 11) is 0. The Labute approximate surface area is 98.0 Å². The molecule has 0 spiro atoms. The van der Waals surface area contributed by atoms with Gasteiger partial charge in [0.25, 0.3) is 5.91 Å².